The summed E-state index contributed by atoms with van der Waals surface area (Å²) in [5, 5.41) is 10.6. The first-order valence-corrected chi connectivity index (χ1v) is 5.74. The molecule has 0 unspecified atom stereocenters. The molecule has 0 aromatic heterocycles. The van der Waals surface area contributed by atoms with Crippen molar-refractivity contribution in [2.45, 2.75) is 40.2 Å². The standard InChI is InChI=1S/C15H22O/c1-7-13(5)15(6,16)14-11(3)8-10(2)9-12(14)4/h7-9,13,16H,1H2,2-6H3/t13-,15-/m0/s1. The van der Waals surface area contributed by atoms with Crippen molar-refractivity contribution in [1.29, 1.82) is 0 Å². The molecule has 2 atom stereocenters. The van der Waals surface area contributed by atoms with Crippen LogP contribution in [-0.4, -0.2) is 5.11 Å². The Hall–Kier alpha value is -1.08. The quantitative estimate of drug-likeness (QED) is 0.768. The SMILES string of the molecule is C=C[C@H](C)[C@](C)(O)c1c(C)cc(C)cc1C. The maximum atomic E-state index is 10.6. The number of benzene rings is 1. The average molecular weight is 218 g/mol. The van der Waals surface area contributed by atoms with E-state index in [0.717, 1.165) is 16.7 Å². The summed E-state index contributed by atoms with van der Waals surface area (Å²) in [6, 6.07) is 4.24. The molecule has 0 amide bonds. The predicted octanol–water partition coefficient (Wildman–Crippen LogP) is 3.64. The molecule has 1 N–H and O–H groups in total. The molecule has 0 aliphatic heterocycles. The first-order chi connectivity index (χ1) is 7.30. The summed E-state index contributed by atoms with van der Waals surface area (Å²) in [5.74, 6) is 0.0348. The average Bonchev–Trinajstić information content (AvgIpc) is 2.14. The van der Waals surface area contributed by atoms with E-state index in [1.54, 1.807) is 6.08 Å². The highest BCUT2D eigenvalue weighted by Gasteiger charge is 2.31. The largest absolute Gasteiger partial charge is 0.385 e. The van der Waals surface area contributed by atoms with Gasteiger partial charge in [0.25, 0.3) is 0 Å². The fraction of sp³-hybridized carbons (Fsp3) is 0.467. The molecular weight excluding hydrogens is 196 g/mol. The Morgan fingerprint density at radius 3 is 2.06 bits per heavy atom. The molecule has 88 valence electrons. The van der Waals surface area contributed by atoms with Crippen molar-refractivity contribution in [2.24, 2.45) is 5.92 Å². The lowest BCUT2D eigenvalue weighted by Gasteiger charge is -2.32. The first kappa shape index (κ1) is 13.0. The number of aryl methyl sites for hydroxylation is 3. The summed E-state index contributed by atoms with van der Waals surface area (Å²) in [6.07, 6.45) is 1.80. The highest BCUT2D eigenvalue weighted by molar-refractivity contribution is 5.41. The van der Waals surface area contributed by atoms with Gasteiger partial charge in [0.1, 0.15) is 0 Å². The van der Waals surface area contributed by atoms with Gasteiger partial charge < -0.3 is 5.11 Å². The van der Waals surface area contributed by atoms with Gasteiger partial charge in [0.2, 0.25) is 0 Å². The van der Waals surface area contributed by atoms with Gasteiger partial charge in [-0.05, 0) is 44.4 Å². The molecule has 1 rings (SSSR count). The van der Waals surface area contributed by atoms with Gasteiger partial charge in [0.05, 0.1) is 5.60 Å². The molecule has 0 aliphatic rings. The summed E-state index contributed by atoms with van der Waals surface area (Å²) >= 11 is 0. The third kappa shape index (κ3) is 2.19. The van der Waals surface area contributed by atoms with Crippen LogP contribution in [0.2, 0.25) is 0 Å². The summed E-state index contributed by atoms with van der Waals surface area (Å²) < 4.78 is 0. The summed E-state index contributed by atoms with van der Waals surface area (Å²) in [7, 11) is 0. The minimum absolute atomic E-state index is 0.0348. The normalized spacial score (nSPS) is 16.6. The zero-order valence-electron chi connectivity index (χ0n) is 11.0. The third-order valence-electron chi connectivity index (χ3n) is 3.42. The molecule has 1 heteroatoms. The fourth-order valence-corrected chi connectivity index (χ4v) is 2.44. The van der Waals surface area contributed by atoms with Crippen molar-refractivity contribution in [3.63, 3.8) is 0 Å². The van der Waals surface area contributed by atoms with Crippen molar-refractivity contribution in [3.8, 4) is 0 Å². The van der Waals surface area contributed by atoms with E-state index in [1.807, 2.05) is 13.8 Å². The van der Waals surface area contributed by atoms with Crippen LogP contribution < -0.4 is 0 Å². The molecule has 1 aromatic rings. The molecule has 0 radical (unpaired) electrons. The zero-order chi connectivity index (χ0) is 12.5. The van der Waals surface area contributed by atoms with E-state index in [2.05, 4.69) is 39.5 Å². The van der Waals surface area contributed by atoms with E-state index < -0.39 is 5.60 Å². The van der Waals surface area contributed by atoms with E-state index in [4.69, 9.17) is 0 Å². The molecular formula is C15H22O. The lowest BCUT2D eigenvalue weighted by atomic mass is 9.79. The van der Waals surface area contributed by atoms with Crippen LogP contribution in [0.5, 0.6) is 0 Å². The van der Waals surface area contributed by atoms with Gasteiger partial charge in [-0.3, -0.25) is 0 Å². The van der Waals surface area contributed by atoms with Crippen LogP contribution in [0.25, 0.3) is 0 Å². The fourth-order valence-electron chi connectivity index (χ4n) is 2.44. The van der Waals surface area contributed by atoms with Crippen LogP contribution >= 0.6 is 0 Å². The molecule has 0 fully saturated rings. The van der Waals surface area contributed by atoms with Gasteiger partial charge in [0.15, 0.2) is 0 Å². The second-order valence-corrected chi connectivity index (χ2v) is 4.95. The Kier molecular flexibility index (Phi) is 3.59. The topological polar surface area (TPSA) is 20.2 Å². The second kappa shape index (κ2) is 4.42. The Morgan fingerprint density at radius 1 is 1.25 bits per heavy atom. The number of aliphatic hydroxyl groups is 1. The number of rotatable bonds is 3. The van der Waals surface area contributed by atoms with Crippen molar-refractivity contribution in [1.82, 2.24) is 0 Å². The minimum atomic E-state index is -0.844. The van der Waals surface area contributed by atoms with Crippen molar-refractivity contribution in [2.75, 3.05) is 0 Å². The Bertz CT molecular complexity index is 379. The first-order valence-electron chi connectivity index (χ1n) is 5.74. The number of hydrogen-bond acceptors (Lipinski definition) is 1. The van der Waals surface area contributed by atoms with Crippen LogP contribution in [0.4, 0.5) is 0 Å². The molecule has 0 spiro atoms. The van der Waals surface area contributed by atoms with E-state index >= 15 is 0 Å². The highest BCUT2D eigenvalue weighted by atomic mass is 16.3. The van der Waals surface area contributed by atoms with E-state index in [-0.39, 0.29) is 5.92 Å². The van der Waals surface area contributed by atoms with Gasteiger partial charge in [-0.25, -0.2) is 0 Å². The van der Waals surface area contributed by atoms with Crippen LogP contribution in [0.3, 0.4) is 0 Å². The van der Waals surface area contributed by atoms with Gasteiger partial charge in [0, 0.05) is 5.92 Å². The van der Waals surface area contributed by atoms with Crippen molar-refractivity contribution >= 4 is 0 Å². The maximum absolute atomic E-state index is 10.6. The molecule has 1 aromatic carbocycles. The Labute approximate surface area is 98.8 Å². The van der Waals surface area contributed by atoms with E-state index in [0.29, 0.717) is 0 Å². The van der Waals surface area contributed by atoms with Gasteiger partial charge >= 0.3 is 0 Å². The maximum Gasteiger partial charge on any atom is 0.0933 e. The zero-order valence-corrected chi connectivity index (χ0v) is 11.0. The molecule has 0 heterocycles. The van der Waals surface area contributed by atoms with Gasteiger partial charge in [-0.2, -0.15) is 0 Å². The molecule has 0 bridgehead atoms. The lowest BCUT2D eigenvalue weighted by Crippen LogP contribution is -2.30. The minimum Gasteiger partial charge on any atom is -0.385 e. The molecule has 0 saturated carbocycles. The molecule has 1 nitrogen and oxygen atoms in total. The summed E-state index contributed by atoms with van der Waals surface area (Å²) in [6.45, 7) is 13.8. The Morgan fingerprint density at radius 2 is 1.69 bits per heavy atom. The number of hydrogen-bond donors (Lipinski definition) is 1. The van der Waals surface area contributed by atoms with Gasteiger partial charge in [-0.15, -0.1) is 6.58 Å². The van der Waals surface area contributed by atoms with E-state index in [9.17, 15) is 5.11 Å². The van der Waals surface area contributed by atoms with Gasteiger partial charge in [-0.1, -0.05) is 30.7 Å². The van der Waals surface area contributed by atoms with Crippen LogP contribution in [-0.2, 0) is 5.60 Å². The van der Waals surface area contributed by atoms with Crippen LogP contribution in [0, 0.1) is 26.7 Å². The van der Waals surface area contributed by atoms with Crippen LogP contribution in [0.15, 0.2) is 24.8 Å². The van der Waals surface area contributed by atoms with Crippen molar-refractivity contribution < 1.29 is 5.11 Å². The monoisotopic (exact) mass is 218 g/mol. The molecule has 0 aliphatic carbocycles. The predicted molar refractivity (Wildman–Crippen MR) is 69.6 cm³/mol. The third-order valence-corrected chi connectivity index (χ3v) is 3.42. The smallest absolute Gasteiger partial charge is 0.0933 e. The summed E-state index contributed by atoms with van der Waals surface area (Å²) in [4.78, 5) is 0. The lowest BCUT2D eigenvalue weighted by molar-refractivity contribution is 0.0193. The van der Waals surface area contributed by atoms with Crippen molar-refractivity contribution in [3.05, 3.63) is 47.0 Å². The molecule has 16 heavy (non-hydrogen) atoms. The summed E-state index contributed by atoms with van der Waals surface area (Å²) in [5.41, 5.74) is 3.72. The van der Waals surface area contributed by atoms with E-state index in [1.165, 1.54) is 5.56 Å². The second-order valence-electron chi connectivity index (χ2n) is 4.95. The Balaban J connectivity index is 3.38. The van der Waals surface area contributed by atoms with Crippen LogP contribution in [0.1, 0.15) is 36.1 Å². The molecule has 0 saturated heterocycles. The highest BCUT2D eigenvalue weighted by Crippen LogP contribution is 2.34.